The van der Waals surface area contributed by atoms with Gasteiger partial charge in [0.05, 0.1) is 19.1 Å². The summed E-state index contributed by atoms with van der Waals surface area (Å²) in [5.41, 5.74) is 4.65. The number of methoxy groups -OCH3 is 1. The Morgan fingerprint density at radius 2 is 1.85 bits per heavy atom. The van der Waals surface area contributed by atoms with Gasteiger partial charge in [-0.15, -0.1) is 0 Å². The van der Waals surface area contributed by atoms with Crippen molar-refractivity contribution in [1.82, 2.24) is 4.90 Å². The van der Waals surface area contributed by atoms with Gasteiger partial charge in [-0.3, -0.25) is 9.69 Å². The summed E-state index contributed by atoms with van der Waals surface area (Å²) in [4.78, 5) is 13.7. The minimum atomic E-state index is -0.696. The number of aliphatic carboxylic acids is 1. The van der Waals surface area contributed by atoms with Crippen LogP contribution in [0.4, 0.5) is 0 Å². The molecule has 3 rings (SSSR count). The Morgan fingerprint density at radius 3 is 2.44 bits per heavy atom. The highest BCUT2D eigenvalue weighted by Crippen LogP contribution is 2.39. The molecule has 1 fully saturated rings. The molecule has 2 aromatic carbocycles. The largest absolute Gasteiger partial charge is 0.496 e. The number of rotatable bonds is 5. The van der Waals surface area contributed by atoms with Gasteiger partial charge in [0.25, 0.3) is 0 Å². The van der Waals surface area contributed by atoms with Gasteiger partial charge in [0.2, 0.25) is 0 Å². The van der Waals surface area contributed by atoms with Crippen molar-refractivity contribution in [3.8, 4) is 5.75 Å². The first kappa shape index (κ1) is 19.7. The first-order chi connectivity index (χ1) is 12.9. The third-order valence-corrected chi connectivity index (χ3v) is 5.69. The van der Waals surface area contributed by atoms with E-state index in [9.17, 15) is 9.90 Å². The summed E-state index contributed by atoms with van der Waals surface area (Å²) in [5.74, 6) is -0.162. The normalized spacial score (nSPS) is 16.9. The van der Waals surface area contributed by atoms with E-state index in [1.54, 1.807) is 7.11 Å². The first-order valence-corrected chi connectivity index (χ1v) is 9.66. The molecule has 2 aromatic rings. The first-order valence-electron chi connectivity index (χ1n) is 9.28. The number of carboxylic acid groups (broad SMARTS) is 1. The monoisotopic (exact) mass is 387 g/mol. The number of halogens is 1. The minimum absolute atomic E-state index is 0.0194. The summed E-state index contributed by atoms with van der Waals surface area (Å²) >= 11 is 6.32. The highest BCUT2D eigenvalue weighted by Gasteiger charge is 2.32. The quantitative estimate of drug-likeness (QED) is 0.796. The van der Waals surface area contributed by atoms with Crippen LogP contribution in [0.15, 0.2) is 36.4 Å². The topological polar surface area (TPSA) is 49.8 Å². The van der Waals surface area contributed by atoms with Crippen LogP contribution in [0.2, 0.25) is 5.02 Å². The van der Waals surface area contributed by atoms with Crippen LogP contribution in [0.1, 0.15) is 41.1 Å². The number of aryl methyl sites for hydroxylation is 2. The van der Waals surface area contributed by atoms with E-state index >= 15 is 0 Å². The maximum atomic E-state index is 11.4. The summed E-state index contributed by atoms with van der Waals surface area (Å²) in [6.45, 7) is 5.66. The number of nitrogens with zero attached hydrogens (tertiary/aromatic N) is 1. The molecule has 0 bridgehead atoms. The fourth-order valence-electron chi connectivity index (χ4n) is 4.02. The molecule has 0 spiro atoms. The number of carbonyl (C=O) groups is 1. The van der Waals surface area contributed by atoms with Gasteiger partial charge < -0.3 is 9.84 Å². The molecule has 1 aliphatic heterocycles. The third-order valence-electron chi connectivity index (χ3n) is 5.45. The Kier molecular flexibility index (Phi) is 6.08. The van der Waals surface area contributed by atoms with Gasteiger partial charge in [0.15, 0.2) is 0 Å². The lowest BCUT2D eigenvalue weighted by molar-refractivity contribution is -0.143. The van der Waals surface area contributed by atoms with Crippen molar-refractivity contribution < 1.29 is 14.6 Å². The third kappa shape index (κ3) is 4.28. The molecule has 0 aliphatic carbocycles. The van der Waals surface area contributed by atoms with E-state index in [1.807, 2.05) is 18.2 Å². The van der Waals surface area contributed by atoms with E-state index < -0.39 is 5.97 Å². The smallest absolute Gasteiger partial charge is 0.306 e. The number of benzene rings is 2. The molecule has 5 heteroatoms. The average Bonchev–Trinajstić information content (AvgIpc) is 2.64. The van der Waals surface area contributed by atoms with Crippen LogP contribution in [0.5, 0.6) is 5.75 Å². The second kappa shape index (κ2) is 8.32. The summed E-state index contributed by atoms with van der Waals surface area (Å²) in [7, 11) is 1.67. The predicted octanol–water partition coefficient (Wildman–Crippen LogP) is 4.85. The highest BCUT2D eigenvalue weighted by atomic mass is 35.5. The number of carboxylic acids is 1. The molecule has 144 valence electrons. The second-order valence-corrected chi connectivity index (χ2v) is 7.73. The maximum absolute atomic E-state index is 11.4. The molecule has 1 unspecified atom stereocenters. The Bertz CT molecular complexity index is 828. The van der Waals surface area contributed by atoms with Crippen molar-refractivity contribution in [1.29, 1.82) is 0 Å². The molecule has 0 aromatic heterocycles. The van der Waals surface area contributed by atoms with E-state index in [1.165, 1.54) is 16.7 Å². The van der Waals surface area contributed by atoms with Crippen molar-refractivity contribution in [2.45, 2.75) is 32.7 Å². The lowest BCUT2D eigenvalue weighted by atomic mass is 9.88. The molecule has 1 heterocycles. The second-order valence-electron chi connectivity index (χ2n) is 7.30. The van der Waals surface area contributed by atoms with Gasteiger partial charge in [-0.05, 0) is 69.1 Å². The fourth-order valence-corrected chi connectivity index (χ4v) is 4.20. The van der Waals surface area contributed by atoms with E-state index in [4.69, 9.17) is 16.3 Å². The van der Waals surface area contributed by atoms with E-state index in [0.717, 1.165) is 24.4 Å². The van der Waals surface area contributed by atoms with Crippen molar-refractivity contribution in [2.75, 3.05) is 20.2 Å². The summed E-state index contributed by atoms with van der Waals surface area (Å²) in [6.07, 6.45) is 1.30. The van der Waals surface area contributed by atoms with Crippen molar-refractivity contribution >= 4 is 17.6 Å². The van der Waals surface area contributed by atoms with Crippen LogP contribution in [-0.2, 0) is 4.79 Å². The molecule has 1 aliphatic rings. The molecule has 1 saturated heterocycles. The summed E-state index contributed by atoms with van der Waals surface area (Å²) in [6, 6.07) is 12.2. The molecule has 0 saturated carbocycles. The molecule has 1 atom stereocenters. The Morgan fingerprint density at radius 1 is 1.15 bits per heavy atom. The van der Waals surface area contributed by atoms with Crippen LogP contribution < -0.4 is 4.74 Å². The zero-order chi connectivity index (χ0) is 19.6. The lowest BCUT2D eigenvalue weighted by Gasteiger charge is -2.38. The number of hydrogen-bond acceptors (Lipinski definition) is 3. The molecule has 1 N–H and O–H groups in total. The number of hydrogen-bond donors (Lipinski definition) is 1. The van der Waals surface area contributed by atoms with Gasteiger partial charge in [-0.2, -0.15) is 0 Å². The molecule has 27 heavy (non-hydrogen) atoms. The van der Waals surface area contributed by atoms with Crippen LogP contribution in [0.25, 0.3) is 0 Å². The molecular weight excluding hydrogens is 362 g/mol. The number of piperidine rings is 1. The van der Waals surface area contributed by atoms with Gasteiger partial charge in [0.1, 0.15) is 5.75 Å². The van der Waals surface area contributed by atoms with Crippen molar-refractivity contribution in [2.24, 2.45) is 5.92 Å². The predicted molar refractivity (Wildman–Crippen MR) is 108 cm³/mol. The van der Waals surface area contributed by atoms with Crippen LogP contribution in [0, 0.1) is 19.8 Å². The highest BCUT2D eigenvalue weighted by molar-refractivity contribution is 6.30. The number of ether oxygens (including phenoxy) is 1. The molecule has 4 nitrogen and oxygen atoms in total. The van der Waals surface area contributed by atoms with Gasteiger partial charge >= 0.3 is 5.97 Å². The summed E-state index contributed by atoms with van der Waals surface area (Å²) < 4.78 is 5.64. The Labute approximate surface area is 165 Å². The average molecular weight is 388 g/mol. The van der Waals surface area contributed by atoms with Crippen LogP contribution >= 0.6 is 11.6 Å². The lowest BCUT2D eigenvalue weighted by Crippen LogP contribution is -2.39. The Hall–Kier alpha value is -2.04. The number of likely N-dealkylation sites (tertiary alicyclic amines) is 1. The maximum Gasteiger partial charge on any atom is 0.306 e. The molecular formula is C22H26ClNO3. The summed E-state index contributed by atoms with van der Waals surface area (Å²) in [5, 5.41) is 10.0. The minimum Gasteiger partial charge on any atom is -0.496 e. The standard InChI is InChI=1S/C22H26ClNO3/c1-14-4-6-18(15(2)12-14)21(19-13-17(23)5-7-20(19)27-3)24-10-8-16(9-11-24)22(25)26/h4-7,12-13,16,21H,8-11H2,1-3H3,(H,25,26). The van der Waals surface area contributed by atoms with E-state index in [-0.39, 0.29) is 12.0 Å². The zero-order valence-electron chi connectivity index (χ0n) is 16.0. The van der Waals surface area contributed by atoms with Crippen LogP contribution in [-0.4, -0.2) is 36.2 Å². The van der Waals surface area contributed by atoms with Gasteiger partial charge in [0, 0.05) is 10.6 Å². The van der Waals surface area contributed by atoms with E-state index in [2.05, 4.69) is 36.9 Å². The molecule has 0 amide bonds. The van der Waals surface area contributed by atoms with Crippen molar-refractivity contribution in [3.63, 3.8) is 0 Å². The Balaban J connectivity index is 2.05. The zero-order valence-corrected chi connectivity index (χ0v) is 16.8. The van der Waals surface area contributed by atoms with Gasteiger partial charge in [-0.1, -0.05) is 35.4 Å². The SMILES string of the molecule is COc1ccc(Cl)cc1C(c1ccc(C)cc1C)N1CCC(C(=O)O)CC1. The van der Waals surface area contributed by atoms with Gasteiger partial charge in [-0.25, -0.2) is 0 Å². The van der Waals surface area contributed by atoms with Crippen LogP contribution in [0.3, 0.4) is 0 Å². The van der Waals surface area contributed by atoms with E-state index in [0.29, 0.717) is 17.9 Å². The fraction of sp³-hybridized carbons (Fsp3) is 0.409. The van der Waals surface area contributed by atoms with Crippen molar-refractivity contribution in [3.05, 3.63) is 63.7 Å². The molecule has 0 radical (unpaired) electrons.